The molecule has 0 aliphatic carbocycles. The summed E-state index contributed by atoms with van der Waals surface area (Å²) in [5.74, 6) is -0.0152. The van der Waals surface area contributed by atoms with Gasteiger partial charge < -0.3 is 11.1 Å². The van der Waals surface area contributed by atoms with E-state index in [0.29, 0.717) is 5.69 Å². The monoisotopic (exact) mass is 423 g/mol. The molecule has 1 aromatic carbocycles. The average molecular weight is 423 g/mol. The highest BCUT2D eigenvalue weighted by atomic mass is 127. The zero-order valence-corrected chi connectivity index (χ0v) is 13.4. The van der Waals surface area contributed by atoms with Crippen molar-refractivity contribution in [1.29, 1.82) is 0 Å². The van der Waals surface area contributed by atoms with Crippen LogP contribution in [0.25, 0.3) is 0 Å². The van der Waals surface area contributed by atoms with Crippen LogP contribution in [0.5, 0.6) is 0 Å². The summed E-state index contributed by atoms with van der Waals surface area (Å²) in [4.78, 5) is 3.55. The summed E-state index contributed by atoms with van der Waals surface area (Å²) in [6, 6.07) is 9.16. The van der Waals surface area contributed by atoms with Crippen LogP contribution in [0.2, 0.25) is 0 Å². The van der Waals surface area contributed by atoms with Crippen LogP contribution in [-0.2, 0) is 6.18 Å². The minimum atomic E-state index is -4.53. The van der Waals surface area contributed by atoms with Crippen molar-refractivity contribution in [2.24, 2.45) is 5.73 Å². The third-order valence-corrected chi connectivity index (χ3v) is 3.50. The van der Waals surface area contributed by atoms with E-state index in [1.807, 2.05) is 12.1 Å². The normalized spacial score (nSPS) is 11.2. The van der Waals surface area contributed by atoms with Crippen LogP contribution in [0, 0.1) is 3.57 Å². The Hall–Kier alpha value is -1.42. The maximum absolute atomic E-state index is 12.7. The lowest BCUT2D eigenvalue weighted by Gasteiger charge is -2.13. The van der Waals surface area contributed by atoms with E-state index in [9.17, 15) is 13.2 Å². The summed E-state index contributed by atoms with van der Waals surface area (Å²) in [5, 5.41) is 2.81. The smallest absolute Gasteiger partial charge is 0.389 e. The highest BCUT2D eigenvalue weighted by molar-refractivity contribution is 14.1. The minimum absolute atomic E-state index is 0.0152. The lowest BCUT2D eigenvalue weighted by molar-refractivity contribution is -0.141. The van der Waals surface area contributed by atoms with Crippen LogP contribution in [0.4, 0.5) is 24.7 Å². The topological polar surface area (TPSA) is 50.9 Å². The molecule has 0 aliphatic rings. The Balaban J connectivity index is 2.43. The molecule has 0 bridgehead atoms. The molecular formula is C13H9F3IN3S. The summed E-state index contributed by atoms with van der Waals surface area (Å²) < 4.78 is 39.2. The molecule has 2 rings (SSSR count). The molecule has 0 radical (unpaired) electrons. The second-order valence-electron chi connectivity index (χ2n) is 4.09. The number of halogens is 4. The molecule has 3 N–H and O–H groups in total. The molecule has 1 aromatic heterocycles. The number of anilines is 2. The molecule has 21 heavy (non-hydrogen) atoms. The fourth-order valence-corrected chi connectivity index (χ4v) is 2.11. The standard InChI is InChI=1S/C13H9F3IN3S/c14-13(15,16)10-6-5-9(11(18)21)12(20-10)19-8-3-1-7(17)2-4-8/h1-6H,(H2,18,21)(H,19,20). The Morgan fingerprint density at radius 1 is 1.14 bits per heavy atom. The molecule has 0 unspecified atom stereocenters. The first-order valence-electron chi connectivity index (χ1n) is 5.68. The van der Waals surface area contributed by atoms with Gasteiger partial charge in [-0.15, -0.1) is 0 Å². The van der Waals surface area contributed by atoms with E-state index in [2.05, 4.69) is 32.9 Å². The Morgan fingerprint density at radius 2 is 1.76 bits per heavy atom. The van der Waals surface area contributed by atoms with Gasteiger partial charge in [0.1, 0.15) is 16.5 Å². The van der Waals surface area contributed by atoms with Crippen molar-refractivity contribution in [2.75, 3.05) is 5.32 Å². The fourth-order valence-electron chi connectivity index (χ4n) is 1.58. The van der Waals surface area contributed by atoms with E-state index in [1.54, 1.807) is 12.1 Å². The Bertz CT molecular complexity index is 671. The number of nitrogens with zero attached hydrogens (tertiary/aromatic N) is 1. The third-order valence-electron chi connectivity index (χ3n) is 2.56. The highest BCUT2D eigenvalue weighted by Crippen LogP contribution is 2.30. The number of pyridine rings is 1. The lowest BCUT2D eigenvalue weighted by atomic mass is 10.2. The van der Waals surface area contributed by atoms with Crippen LogP contribution >= 0.6 is 34.8 Å². The molecular weight excluding hydrogens is 414 g/mol. The molecule has 0 fully saturated rings. The first kappa shape index (κ1) is 16.0. The lowest BCUT2D eigenvalue weighted by Crippen LogP contribution is -2.16. The van der Waals surface area contributed by atoms with Crippen molar-refractivity contribution in [3.05, 3.63) is 51.2 Å². The molecule has 0 aliphatic heterocycles. The van der Waals surface area contributed by atoms with E-state index >= 15 is 0 Å². The molecule has 0 saturated heterocycles. The molecule has 110 valence electrons. The quantitative estimate of drug-likeness (QED) is 0.577. The van der Waals surface area contributed by atoms with Gasteiger partial charge >= 0.3 is 6.18 Å². The predicted molar refractivity (Wildman–Crippen MR) is 87.6 cm³/mol. The van der Waals surface area contributed by atoms with Crippen LogP contribution < -0.4 is 11.1 Å². The third kappa shape index (κ3) is 4.03. The first-order chi connectivity index (χ1) is 9.77. The molecule has 1 heterocycles. The van der Waals surface area contributed by atoms with E-state index in [0.717, 1.165) is 9.64 Å². The van der Waals surface area contributed by atoms with Gasteiger partial charge in [0.15, 0.2) is 0 Å². The van der Waals surface area contributed by atoms with E-state index in [-0.39, 0.29) is 16.4 Å². The predicted octanol–water partition coefficient (Wildman–Crippen LogP) is 4.08. The van der Waals surface area contributed by atoms with Crippen molar-refractivity contribution in [3.8, 4) is 0 Å². The van der Waals surface area contributed by atoms with Gasteiger partial charge in [0.25, 0.3) is 0 Å². The zero-order chi connectivity index (χ0) is 15.6. The average Bonchev–Trinajstić information content (AvgIpc) is 2.40. The van der Waals surface area contributed by atoms with E-state index in [4.69, 9.17) is 18.0 Å². The Labute approximate surface area is 137 Å². The van der Waals surface area contributed by atoms with Crippen molar-refractivity contribution >= 4 is 51.3 Å². The summed E-state index contributed by atoms with van der Waals surface area (Å²) >= 11 is 6.97. The van der Waals surface area contributed by atoms with Gasteiger partial charge in [-0.2, -0.15) is 13.2 Å². The van der Waals surface area contributed by atoms with Gasteiger partial charge in [-0.1, -0.05) is 12.2 Å². The Kier molecular flexibility index (Phi) is 4.67. The molecule has 8 heteroatoms. The van der Waals surface area contributed by atoms with Crippen LogP contribution in [0.3, 0.4) is 0 Å². The summed E-state index contributed by atoms with van der Waals surface area (Å²) in [6.45, 7) is 0. The molecule has 0 amide bonds. The van der Waals surface area contributed by atoms with Gasteiger partial charge in [0, 0.05) is 9.26 Å². The van der Waals surface area contributed by atoms with Gasteiger partial charge in [0.2, 0.25) is 0 Å². The van der Waals surface area contributed by atoms with Gasteiger partial charge in [-0.25, -0.2) is 4.98 Å². The van der Waals surface area contributed by atoms with Crippen LogP contribution in [0.1, 0.15) is 11.3 Å². The number of aromatic nitrogens is 1. The number of benzene rings is 1. The number of rotatable bonds is 3. The molecule has 2 aromatic rings. The van der Waals surface area contributed by atoms with Gasteiger partial charge in [-0.3, -0.25) is 0 Å². The van der Waals surface area contributed by atoms with E-state index < -0.39 is 11.9 Å². The summed E-state index contributed by atoms with van der Waals surface area (Å²) in [6.07, 6.45) is -4.53. The number of nitrogens with two attached hydrogens (primary N) is 1. The largest absolute Gasteiger partial charge is 0.433 e. The van der Waals surface area contributed by atoms with Gasteiger partial charge in [-0.05, 0) is 59.0 Å². The highest BCUT2D eigenvalue weighted by Gasteiger charge is 2.33. The second kappa shape index (κ2) is 6.14. The molecule has 0 spiro atoms. The second-order valence-corrected chi connectivity index (χ2v) is 5.77. The minimum Gasteiger partial charge on any atom is -0.389 e. The maximum atomic E-state index is 12.7. The number of alkyl halides is 3. The molecule has 0 atom stereocenters. The van der Waals surface area contributed by atoms with Crippen molar-refractivity contribution < 1.29 is 13.2 Å². The number of hydrogen-bond acceptors (Lipinski definition) is 3. The zero-order valence-electron chi connectivity index (χ0n) is 10.4. The van der Waals surface area contributed by atoms with Crippen molar-refractivity contribution in [2.45, 2.75) is 6.18 Å². The van der Waals surface area contributed by atoms with Crippen molar-refractivity contribution in [3.63, 3.8) is 0 Å². The van der Waals surface area contributed by atoms with Crippen LogP contribution in [-0.4, -0.2) is 9.97 Å². The number of hydrogen-bond donors (Lipinski definition) is 2. The van der Waals surface area contributed by atoms with E-state index in [1.165, 1.54) is 6.07 Å². The van der Waals surface area contributed by atoms with Crippen LogP contribution in [0.15, 0.2) is 36.4 Å². The Morgan fingerprint density at radius 3 is 2.29 bits per heavy atom. The number of thiocarbonyl (C=S) groups is 1. The van der Waals surface area contributed by atoms with Gasteiger partial charge in [0.05, 0.1) is 5.56 Å². The summed E-state index contributed by atoms with van der Waals surface area (Å²) in [7, 11) is 0. The SMILES string of the molecule is NC(=S)c1ccc(C(F)(F)F)nc1Nc1ccc(I)cc1. The molecule has 0 saturated carbocycles. The molecule has 3 nitrogen and oxygen atoms in total. The van der Waals surface area contributed by atoms with Crippen molar-refractivity contribution in [1.82, 2.24) is 4.98 Å². The number of nitrogens with one attached hydrogen (secondary N) is 1. The summed E-state index contributed by atoms with van der Waals surface area (Å²) in [5.41, 5.74) is 5.37. The fraction of sp³-hybridized carbons (Fsp3) is 0.0769. The maximum Gasteiger partial charge on any atom is 0.433 e. The first-order valence-corrected chi connectivity index (χ1v) is 7.16.